The Hall–Kier alpha value is -0.600. The molecule has 0 heterocycles. The fourth-order valence-corrected chi connectivity index (χ4v) is 2.33. The quantitative estimate of drug-likeness (QED) is 0.826. The van der Waals surface area contributed by atoms with E-state index in [0.29, 0.717) is 11.6 Å². The zero-order valence-electron chi connectivity index (χ0n) is 12.6. The van der Waals surface area contributed by atoms with Crippen LogP contribution < -0.4 is 5.32 Å². The molecule has 1 rings (SSSR count). The van der Waals surface area contributed by atoms with Gasteiger partial charge in [-0.15, -0.1) is 0 Å². The highest BCUT2D eigenvalue weighted by atomic mass is 35.5. The Labute approximate surface area is 121 Å². The first-order valence-corrected chi connectivity index (χ1v) is 7.29. The van der Waals surface area contributed by atoms with Gasteiger partial charge in [0.1, 0.15) is 5.82 Å². The molecule has 0 fully saturated rings. The van der Waals surface area contributed by atoms with Crippen molar-refractivity contribution < 1.29 is 4.39 Å². The molecule has 1 atom stereocenters. The lowest BCUT2D eigenvalue weighted by molar-refractivity contribution is 0.519. The van der Waals surface area contributed by atoms with Gasteiger partial charge < -0.3 is 5.32 Å². The summed E-state index contributed by atoms with van der Waals surface area (Å²) in [6, 6.07) is 4.24. The van der Waals surface area contributed by atoms with E-state index in [2.05, 4.69) is 12.2 Å². The third kappa shape index (κ3) is 4.77. The van der Waals surface area contributed by atoms with Crippen molar-refractivity contribution in [2.24, 2.45) is 0 Å². The van der Waals surface area contributed by atoms with Crippen LogP contribution in [0.15, 0.2) is 12.1 Å². The van der Waals surface area contributed by atoms with Gasteiger partial charge in [-0.05, 0) is 55.8 Å². The van der Waals surface area contributed by atoms with Gasteiger partial charge >= 0.3 is 0 Å². The van der Waals surface area contributed by atoms with E-state index < -0.39 is 0 Å². The van der Waals surface area contributed by atoms with Crippen molar-refractivity contribution in [3.05, 3.63) is 34.1 Å². The minimum Gasteiger partial charge on any atom is -0.317 e. The zero-order valence-corrected chi connectivity index (χ0v) is 13.4. The zero-order chi connectivity index (χ0) is 14.6. The van der Waals surface area contributed by atoms with Gasteiger partial charge in [0.15, 0.2) is 0 Å². The minimum atomic E-state index is -0.276. The number of benzene rings is 1. The van der Waals surface area contributed by atoms with Crippen LogP contribution in [0.5, 0.6) is 0 Å². The lowest BCUT2D eigenvalue weighted by Gasteiger charge is -2.21. The van der Waals surface area contributed by atoms with Crippen LogP contribution in [0.2, 0.25) is 5.02 Å². The van der Waals surface area contributed by atoms with E-state index in [9.17, 15) is 4.39 Å². The van der Waals surface area contributed by atoms with Crippen molar-refractivity contribution in [3.63, 3.8) is 0 Å². The smallest absolute Gasteiger partial charge is 0.145 e. The molecule has 0 amide bonds. The van der Waals surface area contributed by atoms with Crippen molar-refractivity contribution >= 4 is 11.6 Å². The predicted molar refractivity (Wildman–Crippen MR) is 81.6 cm³/mol. The summed E-state index contributed by atoms with van der Waals surface area (Å²) in [4.78, 5) is 0. The summed E-state index contributed by atoms with van der Waals surface area (Å²) >= 11 is 6.01. The average Bonchev–Trinajstić information content (AvgIpc) is 2.31. The van der Waals surface area contributed by atoms with Gasteiger partial charge in [0, 0.05) is 6.04 Å². The van der Waals surface area contributed by atoms with E-state index >= 15 is 0 Å². The minimum absolute atomic E-state index is 0.220. The Morgan fingerprint density at radius 3 is 2.47 bits per heavy atom. The van der Waals surface area contributed by atoms with Crippen LogP contribution in [0.3, 0.4) is 0 Å². The Morgan fingerprint density at radius 2 is 1.95 bits per heavy atom. The van der Waals surface area contributed by atoms with Crippen LogP contribution in [0.25, 0.3) is 0 Å². The summed E-state index contributed by atoms with van der Waals surface area (Å²) in [7, 11) is 1.97. The molecule has 1 unspecified atom stereocenters. The maximum atomic E-state index is 14.0. The molecule has 0 aliphatic heterocycles. The van der Waals surface area contributed by atoms with Crippen molar-refractivity contribution in [2.75, 3.05) is 7.05 Å². The first-order chi connectivity index (χ1) is 8.75. The highest BCUT2D eigenvalue weighted by Gasteiger charge is 2.21. The van der Waals surface area contributed by atoms with Crippen molar-refractivity contribution in [1.82, 2.24) is 5.32 Å². The molecule has 0 aliphatic carbocycles. The molecule has 0 radical (unpaired) electrons. The molecule has 19 heavy (non-hydrogen) atoms. The molecule has 0 spiro atoms. The fourth-order valence-electron chi connectivity index (χ4n) is 2.09. The second-order valence-corrected chi connectivity index (χ2v) is 6.68. The maximum absolute atomic E-state index is 14.0. The second kappa shape index (κ2) is 6.71. The number of aryl methyl sites for hydroxylation is 1. The van der Waals surface area contributed by atoms with Gasteiger partial charge in [-0.1, -0.05) is 38.4 Å². The number of hydrogen-bond acceptors (Lipinski definition) is 1. The van der Waals surface area contributed by atoms with E-state index in [1.165, 1.54) is 0 Å². The van der Waals surface area contributed by atoms with Crippen LogP contribution in [0.4, 0.5) is 4.39 Å². The maximum Gasteiger partial charge on any atom is 0.145 e. The molecular weight excluding hydrogens is 261 g/mol. The summed E-state index contributed by atoms with van der Waals surface area (Å²) in [6.45, 7) is 8.19. The van der Waals surface area contributed by atoms with E-state index in [0.717, 1.165) is 24.8 Å². The molecule has 1 nitrogen and oxygen atoms in total. The molecule has 108 valence electrons. The fraction of sp³-hybridized carbons (Fsp3) is 0.625. The highest BCUT2D eigenvalue weighted by Crippen LogP contribution is 2.31. The molecule has 0 saturated carbocycles. The third-order valence-electron chi connectivity index (χ3n) is 3.49. The molecule has 0 bridgehead atoms. The van der Waals surface area contributed by atoms with Crippen LogP contribution in [0.1, 0.15) is 51.7 Å². The van der Waals surface area contributed by atoms with Crippen LogP contribution in [0, 0.1) is 5.82 Å². The van der Waals surface area contributed by atoms with Gasteiger partial charge in [0.2, 0.25) is 0 Å². The molecule has 1 aromatic rings. The van der Waals surface area contributed by atoms with Gasteiger partial charge in [-0.25, -0.2) is 4.39 Å². The standard InChI is InChI=1S/C16H25ClFN/c1-11(19-5)7-6-8-12-9-13(16(2,3)4)15(18)14(17)10-12/h9-11,19H,6-8H2,1-5H3. The summed E-state index contributed by atoms with van der Waals surface area (Å²) < 4.78 is 14.0. The molecule has 0 aliphatic rings. The summed E-state index contributed by atoms with van der Waals surface area (Å²) in [5.41, 5.74) is 1.61. The number of rotatable bonds is 5. The number of nitrogens with one attached hydrogen (secondary N) is 1. The highest BCUT2D eigenvalue weighted by molar-refractivity contribution is 6.30. The Balaban J connectivity index is 2.83. The van der Waals surface area contributed by atoms with Crippen molar-refractivity contribution in [2.45, 2.75) is 58.4 Å². The molecule has 0 aromatic heterocycles. The van der Waals surface area contributed by atoms with Gasteiger partial charge in [-0.3, -0.25) is 0 Å². The molecule has 1 aromatic carbocycles. The molecular formula is C16H25ClFN. The monoisotopic (exact) mass is 285 g/mol. The third-order valence-corrected chi connectivity index (χ3v) is 3.77. The van der Waals surface area contributed by atoms with E-state index in [4.69, 9.17) is 11.6 Å². The largest absolute Gasteiger partial charge is 0.317 e. The van der Waals surface area contributed by atoms with Crippen LogP contribution >= 0.6 is 11.6 Å². The Morgan fingerprint density at radius 1 is 1.32 bits per heavy atom. The van der Waals surface area contributed by atoms with Crippen molar-refractivity contribution in [1.29, 1.82) is 0 Å². The SMILES string of the molecule is CNC(C)CCCc1cc(Cl)c(F)c(C(C)(C)C)c1. The van der Waals surface area contributed by atoms with E-state index in [1.54, 1.807) is 6.07 Å². The lowest BCUT2D eigenvalue weighted by atomic mass is 9.85. The van der Waals surface area contributed by atoms with E-state index in [-0.39, 0.29) is 16.3 Å². The molecule has 0 saturated heterocycles. The van der Waals surface area contributed by atoms with Crippen LogP contribution in [-0.2, 0) is 11.8 Å². The van der Waals surface area contributed by atoms with E-state index in [1.807, 2.05) is 33.9 Å². The summed E-state index contributed by atoms with van der Waals surface area (Å²) in [6.07, 6.45) is 3.12. The second-order valence-electron chi connectivity index (χ2n) is 6.27. The Kier molecular flexibility index (Phi) is 5.82. The lowest BCUT2D eigenvalue weighted by Crippen LogP contribution is -2.21. The molecule has 1 N–H and O–H groups in total. The average molecular weight is 286 g/mol. The van der Waals surface area contributed by atoms with Crippen LogP contribution in [-0.4, -0.2) is 13.1 Å². The topological polar surface area (TPSA) is 12.0 Å². The molecule has 3 heteroatoms. The number of hydrogen-bond donors (Lipinski definition) is 1. The Bertz CT molecular complexity index is 423. The van der Waals surface area contributed by atoms with Gasteiger partial charge in [0.05, 0.1) is 5.02 Å². The van der Waals surface area contributed by atoms with Gasteiger partial charge in [-0.2, -0.15) is 0 Å². The first-order valence-electron chi connectivity index (χ1n) is 6.91. The summed E-state index contributed by atoms with van der Waals surface area (Å²) in [5, 5.41) is 3.46. The number of halogens is 2. The predicted octanol–water partition coefficient (Wildman–Crippen LogP) is 4.71. The van der Waals surface area contributed by atoms with Crippen molar-refractivity contribution in [3.8, 4) is 0 Å². The normalized spacial score (nSPS) is 13.6. The first kappa shape index (κ1) is 16.5. The van der Waals surface area contributed by atoms with Gasteiger partial charge in [0.25, 0.3) is 0 Å². The summed E-state index contributed by atoms with van der Waals surface area (Å²) in [5.74, 6) is -0.276.